The van der Waals surface area contributed by atoms with E-state index in [1.807, 2.05) is 14.0 Å². The van der Waals surface area contributed by atoms with E-state index in [9.17, 15) is 14.7 Å². The van der Waals surface area contributed by atoms with Gasteiger partial charge in [-0.2, -0.15) is 0 Å². The van der Waals surface area contributed by atoms with Gasteiger partial charge in [-0.15, -0.1) is 0 Å². The highest BCUT2D eigenvalue weighted by molar-refractivity contribution is 5.85. The number of esters is 1. The molecule has 5 fully saturated rings. The Kier molecular flexibility index (Phi) is 7.65. The number of amides is 1. The number of rotatable bonds is 5. The fourth-order valence-electron chi connectivity index (χ4n) is 10.8. The molecule has 0 spiro atoms. The number of hydrogen-bond acceptors (Lipinski definition) is 7. The summed E-state index contributed by atoms with van der Waals surface area (Å²) in [4.78, 5) is 25.6. The third-order valence-corrected chi connectivity index (χ3v) is 13.2. The average Bonchev–Trinajstić information content (AvgIpc) is 3.47. The smallest absolute Gasteiger partial charge is 0.331 e. The lowest BCUT2D eigenvalue weighted by atomic mass is 9.43. The van der Waals surface area contributed by atoms with Crippen molar-refractivity contribution >= 4 is 11.9 Å². The molecule has 6 rings (SSSR count). The van der Waals surface area contributed by atoms with Crippen molar-refractivity contribution < 1.29 is 33.6 Å². The Balaban J connectivity index is 1.12. The van der Waals surface area contributed by atoms with Crippen molar-refractivity contribution in [3.63, 3.8) is 0 Å². The molecule has 41 heavy (non-hydrogen) atoms. The van der Waals surface area contributed by atoms with Crippen molar-refractivity contribution in [1.82, 2.24) is 4.90 Å². The topological polar surface area (TPSA) is 94.5 Å². The van der Waals surface area contributed by atoms with Gasteiger partial charge >= 0.3 is 5.97 Å². The van der Waals surface area contributed by atoms with E-state index < -0.39 is 5.60 Å². The maximum Gasteiger partial charge on any atom is 0.331 e. The maximum absolute atomic E-state index is 12.5. The van der Waals surface area contributed by atoms with E-state index in [2.05, 4.69) is 13.8 Å². The minimum absolute atomic E-state index is 0.00888. The number of methoxy groups -OCH3 is 1. The minimum atomic E-state index is -0.681. The number of fused-ring (bicyclic) bond motifs is 5. The molecule has 1 saturated heterocycles. The summed E-state index contributed by atoms with van der Waals surface area (Å²) < 4.78 is 24.1. The minimum Gasteiger partial charge on any atom is -0.458 e. The zero-order valence-corrected chi connectivity index (χ0v) is 25.9. The number of ether oxygens (including phenoxy) is 4. The van der Waals surface area contributed by atoms with Crippen molar-refractivity contribution in [1.29, 1.82) is 0 Å². The van der Waals surface area contributed by atoms with Gasteiger partial charge in [0.25, 0.3) is 0 Å². The van der Waals surface area contributed by atoms with Crippen LogP contribution in [0.2, 0.25) is 0 Å². The Morgan fingerprint density at radius 1 is 1.07 bits per heavy atom. The van der Waals surface area contributed by atoms with E-state index in [4.69, 9.17) is 18.9 Å². The van der Waals surface area contributed by atoms with E-state index in [0.29, 0.717) is 30.8 Å². The molecule has 2 heterocycles. The van der Waals surface area contributed by atoms with E-state index >= 15 is 0 Å². The van der Waals surface area contributed by atoms with Gasteiger partial charge in [-0.25, -0.2) is 4.79 Å². The number of carbonyl (C=O) groups is 2. The molecule has 4 saturated carbocycles. The average molecular weight is 574 g/mol. The molecule has 0 bridgehead atoms. The van der Waals surface area contributed by atoms with Crippen molar-refractivity contribution in [2.24, 2.45) is 34.5 Å². The third kappa shape index (κ3) is 4.61. The van der Waals surface area contributed by atoms with Gasteiger partial charge in [-0.1, -0.05) is 13.8 Å². The van der Waals surface area contributed by atoms with Crippen molar-refractivity contribution in [2.45, 2.75) is 128 Å². The van der Waals surface area contributed by atoms with E-state index in [1.165, 1.54) is 0 Å². The molecule has 12 atom stereocenters. The van der Waals surface area contributed by atoms with Crippen LogP contribution in [0.1, 0.15) is 91.9 Å². The summed E-state index contributed by atoms with van der Waals surface area (Å²) >= 11 is 0. The first-order chi connectivity index (χ1) is 19.4. The normalized spacial score (nSPS) is 49.4. The van der Waals surface area contributed by atoms with Gasteiger partial charge in [-0.05, 0) is 99.4 Å². The fourth-order valence-corrected chi connectivity index (χ4v) is 10.8. The van der Waals surface area contributed by atoms with Crippen LogP contribution >= 0.6 is 0 Å². The van der Waals surface area contributed by atoms with Crippen molar-refractivity contribution in [3.05, 3.63) is 11.6 Å². The standard InChI is InChI=1S/C33H51NO7/c1-19-30(34(5)20(2)35)27(38-6)17-29(40-19)41-23-9-12-31(3)22(16-23)7-8-26-25(31)10-13-32(4)24(11-14-33(26,32)37)21-15-28(36)39-18-21/h15,19,22-27,29-30,37H,7-14,16-18H2,1-6H3/t19-,22-,23+,24-,25+,26-,27+,29+,30-,31+,32-,33+/m1/s1. The highest BCUT2D eigenvalue weighted by atomic mass is 16.7. The first-order valence-electron chi connectivity index (χ1n) is 16.1. The molecule has 230 valence electrons. The first-order valence-corrected chi connectivity index (χ1v) is 16.1. The van der Waals surface area contributed by atoms with Gasteiger partial charge in [0.15, 0.2) is 6.29 Å². The second-order valence-electron chi connectivity index (χ2n) is 14.7. The zero-order chi connectivity index (χ0) is 29.3. The van der Waals surface area contributed by atoms with Crippen LogP contribution < -0.4 is 0 Å². The van der Waals surface area contributed by atoms with Crippen LogP contribution in [0.4, 0.5) is 0 Å². The van der Waals surface area contributed by atoms with Gasteiger partial charge in [0.05, 0.1) is 30.0 Å². The molecule has 1 amide bonds. The summed E-state index contributed by atoms with van der Waals surface area (Å²) in [5, 5.41) is 12.5. The summed E-state index contributed by atoms with van der Waals surface area (Å²) in [6.45, 7) is 8.77. The molecule has 4 aliphatic carbocycles. The second-order valence-corrected chi connectivity index (χ2v) is 14.7. The monoisotopic (exact) mass is 573 g/mol. The molecule has 0 radical (unpaired) electrons. The predicted octanol–water partition coefficient (Wildman–Crippen LogP) is 4.63. The number of cyclic esters (lactones) is 1. The number of nitrogens with zero attached hydrogens (tertiary/aromatic N) is 1. The van der Waals surface area contributed by atoms with Gasteiger partial charge in [0.2, 0.25) is 5.91 Å². The van der Waals surface area contributed by atoms with Crippen LogP contribution in [-0.4, -0.2) is 78.9 Å². The maximum atomic E-state index is 12.5. The number of carbonyl (C=O) groups excluding carboxylic acids is 2. The Morgan fingerprint density at radius 3 is 2.54 bits per heavy atom. The molecule has 8 nitrogen and oxygen atoms in total. The van der Waals surface area contributed by atoms with E-state index in [-0.39, 0.29) is 59.3 Å². The molecular weight excluding hydrogens is 522 g/mol. The molecule has 0 aromatic heterocycles. The van der Waals surface area contributed by atoms with Crippen LogP contribution in [0.25, 0.3) is 0 Å². The molecule has 6 aliphatic rings. The van der Waals surface area contributed by atoms with Gasteiger partial charge < -0.3 is 29.0 Å². The summed E-state index contributed by atoms with van der Waals surface area (Å²) in [6.07, 6.45) is 11.1. The van der Waals surface area contributed by atoms with Gasteiger partial charge in [0.1, 0.15) is 6.61 Å². The molecule has 0 aromatic rings. The summed E-state index contributed by atoms with van der Waals surface area (Å²) in [7, 11) is 3.52. The van der Waals surface area contributed by atoms with E-state index in [0.717, 1.165) is 63.4 Å². The zero-order valence-electron chi connectivity index (χ0n) is 25.9. The highest BCUT2D eigenvalue weighted by Gasteiger charge is 2.67. The molecule has 1 N–H and O–H groups in total. The van der Waals surface area contributed by atoms with Crippen LogP contribution in [0.15, 0.2) is 11.6 Å². The first kappa shape index (κ1) is 29.6. The molecule has 8 heteroatoms. The summed E-state index contributed by atoms with van der Waals surface area (Å²) in [5.74, 6) is 1.42. The fraction of sp³-hybridized carbons (Fsp3) is 0.879. The molecular formula is C33H51NO7. The second kappa shape index (κ2) is 10.6. The molecule has 0 unspecified atom stereocenters. The number of aliphatic hydroxyl groups is 1. The highest BCUT2D eigenvalue weighted by Crippen LogP contribution is 2.70. The number of hydrogen-bond donors (Lipinski definition) is 1. The Morgan fingerprint density at radius 2 is 1.85 bits per heavy atom. The molecule has 2 aliphatic heterocycles. The molecule has 0 aromatic carbocycles. The van der Waals surface area contributed by atoms with Gasteiger partial charge in [0, 0.05) is 39.0 Å². The summed E-state index contributed by atoms with van der Waals surface area (Å²) in [5.41, 5.74) is 0.422. The van der Waals surface area contributed by atoms with Gasteiger partial charge in [-0.3, -0.25) is 4.79 Å². The lowest BCUT2D eigenvalue weighted by Crippen LogP contribution is -2.62. The van der Waals surface area contributed by atoms with Crippen LogP contribution in [-0.2, 0) is 28.5 Å². The van der Waals surface area contributed by atoms with Crippen LogP contribution in [0, 0.1) is 34.5 Å². The van der Waals surface area contributed by atoms with E-state index in [1.54, 1.807) is 25.0 Å². The third-order valence-electron chi connectivity index (χ3n) is 13.2. The number of likely N-dealkylation sites (N-methyl/N-ethyl adjacent to an activating group) is 1. The predicted molar refractivity (Wildman–Crippen MR) is 153 cm³/mol. The van der Waals surface area contributed by atoms with Crippen LogP contribution in [0.5, 0.6) is 0 Å². The Hall–Kier alpha value is -1.48. The quantitative estimate of drug-likeness (QED) is 0.379. The largest absolute Gasteiger partial charge is 0.458 e. The SMILES string of the molecule is CO[C@H]1C[C@H](O[C@H]2CC[C@@]3(C)[C@H](CC[C@@H]4[C@@H]3CC[C@]3(C)[C@@H](C5=CC(=O)OC5)CC[C@]43O)C2)O[C@H](C)[C@H]1N(C)C(C)=O. The van der Waals surface area contributed by atoms with Crippen molar-refractivity contribution in [2.75, 3.05) is 20.8 Å². The Bertz CT molecular complexity index is 1080. The Labute approximate surface area is 245 Å². The van der Waals surface area contributed by atoms with Crippen LogP contribution in [0.3, 0.4) is 0 Å². The summed E-state index contributed by atoms with van der Waals surface area (Å²) in [6, 6.07) is -0.127. The lowest BCUT2D eigenvalue weighted by Gasteiger charge is -2.64. The van der Waals surface area contributed by atoms with Crippen molar-refractivity contribution in [3.8, 4) is 0 Å². The lowest BCUT2D eigenvalue weighted by molar-refractivity contribution is -0.263.